The van der Waals surface area contributed by atoms with Crippen LogP contribution in [0.2, 0.25) is 0 Å². The third-order valence-corrected chi connectivity index (χ3v) is 11.0. The minimum atomic E-state index is -1.80. The summed E-state index contributed by atoms with van der Waals surface area (Å²) < 4.78 is 35.6. The van der Waals surface area contributed by atoms with Gasteiger partial charge in [0.1, 0.15) is 6.61 Å². The second kappa shape index (κ2) is 29.8. The van der Waals surface area contributed by atoms with Crippen molar-refractivity contribution >= 4 is 23.9 Å². The van der Waals surface area contributed by atoms with E-state index in [1.54, 1.807) is 54.6 Å². The van der Waals surface area contributed by atoms with Crippen LogP contribution in [-0.2, 0) is 33.2 Å². The molecule has 346 valence electrons. The predicted molar refractivity (Wildman–Crippen MR) is 241 cm³/mol. The van der Waals surface area contributed by atoms with Crippen LogP contribution in [0.15, 0.2) is 109 Å². The molecular weight excluding hydrogens is 819 g/mol. The lowest BCUT2D eigenvalue weighted by Crippen LogP contribution is -2.64. The van der Waals surface area contributed by atoms with Crippen molar-refractivity contribution in [3.63, 3.8) is 0 Å². The molecule has 0 spiro atoms. The lowest BCUT2D eigenvalue weighted by Gasteiger charge is -2.43. The topological polar surface area (TPSA) is 193 Å². The lowest BCUT2D eigenvalue weighted by molar-refractivity contribution is -0.294. The number of hydrogen-bond donors (Lipinski definition) is 1. The van der Waals surface area contributed by atoms with E-state index in [4.69, 9.17) is 28.4 Å². The number of rotatable bonds is 30. The predicted octanol–water partition coefficient (Wildman–Crippen LogP) is 10.4. The van der Waals surface area contributed by atoms with Gasteiger partial charge in [0.05, 0.1) is 35.4 Å². The normalized spacial score (nSPS) is 19.0. The van der Waals surface area contributed by atoms with Crippen molar-refractivity contribution in [1.82, 2.24) is 0 Å². The van der Waals surface area contributed by atoms with Crippen LogP contribution in [0.25, 0.3) is 10.4 Å². The summed E-state index contributed by atoms with van der Waals surface area (Å²) in [6.07, 6.45) is 9.68. The van der Waals surface area contributed by atoms with E-state index < -0.39 is 73.3 Å². The number of carbonyl (C=O) groups is 4. The second-order valence-corrected chi connectivity index (χ2v) is 16.0. The Hall–Kier alpha value is -5.53. The van der Waals surface area contributed by atoms with Crippen LogP contribution in [0.1, 0.15) is 141 Å². The van der Waals surface area contributed by atoms with Crippen molar-refractivity contribution in [3.8, 4) is 0 Å². The third kappa shape index (κ3) is 17.6. The van der Waals surface area contributed by atoms with E-state index in [0.29, 0.717) is 12.8 Å². The average Bonchev–Trinajstić information content (AvgIpc) is 3.32. The molecule has 7 atom stereocenters. The SMILES string of the molecule is C=CCOC(=O)[C@H]1O[C@H](OC[C@H](N=[N+]=[N-])[C@H](O)CCCCCCCCCCCCCCCCC)[C@H](OC(=O)c2ccccc2)[C@@H](OC(=O)c2ccccc2)[C@@H]1OC(=O)c1ccccc1. The standard InChI is InChI=1S/C50H65N3O11/c1-3-5-6-7-8-9-10-11-12-13-14-15-16-17-27-34-41(54)40(52-53-51)36-60-50-45(63-48(57)39-32-25-20-26-33-39)43(62-47(56)38-30-23-19-24-31-38)42(44(64-50)49(58)59-35-4-2)61-46(55)37-28-21-18-22-29-37/h4,18-26,28-33,40-45,50,54H,2-3,5-17,27,34-36H2,1H3/t40-,41+,42-,43-,44-,45+,50-/m0/s1. The first-order valence-electron chi connectivity index (χ1n) is 22.8. The van der Waals surface area contributed by atoms with Crippen molar-refractivity contribution in [2.24, 2.45) is 5.11 Å². The highest BCUT2D eigenvalue weighted by Crippen LogP contribution is 2.32. The Morgan fingerprint density at radius 2 is 1.09 bits per heavy atom. The summed E-state index contributed by atoms with van der Waals surface area (Å²) in [5, 5.41) is 15.0. The number of aliphatic hydroxyl groups excluding tert-OH is 1. The van der Waals surface area contributed by atoms with Gasteiger partial charge < -0.3 is 33.5 Å². The molecule has 1 heterocycles. The van der Waals surface area contributed by atoms with Gasteiger partial charge in [0.2, 0.25) is 0 Å². The number of azide groups is 1. The molecule has 0 unspecified atom stereocenters. The van der Waals surface area contributed by atoms with Crippen molar-refractivity contribution in [2.75, 3.05) is 13.2 Å². The maximum atomic E-state index is 13.8. The van der Waals surface area contributed by atoms with Crippen molar-refractivity contribution in [2.45, 2.75) is 153 Å². The van der Waals surface area contributed by atoms with Gasteiger partial charge in [0.15, 0.2) is 30.7 Å². The Kier molecular flexibility index (Phi) is 23.8. The summed E-state index contributed by atoms with van der Waals surface area (Å²) >= 11 is 0. The minimum absolute atomic E-state index is 0.101. The fourth-order valence-corrected chi connectivity index (χ4v) is 7.44. The van der Waals surface area contributed by atoms with Crippen LogP contribution in [0.3, 0.4) is 0 Å². The Morgan fingerprint density at radius 3 is 1.53 bits per heavy atom. The quantitative estimate of drug-likeness (QED) is 0.0127. The van der Waals surface area contributed by atoms with Crippen LogP contribution in [0.4, 0.5) is 0 Å². The number of unbranched alkanes of at least 4 members (excludes halogenated alkanes) is 14. The summed E-state index contributed by atoms with van der Waals surface area (Å²) in [5.41, 5.74) is 9.82. The van der Waals surface area contributed by atoms with E-state index >= 15 is 0 Å². The van der Waals surface area contributed by atoms with E-state index in [-0.39, 0.29) is 23.3 Å². The van der Waals surface area contributed by atoms with E-state index in [9.17, 15) is 29.8 Å². The minimum Gasteiger partial charge on any atom is -0.459 e. The smallest absolute Gasteiger partial charge is 0.339 e. The molecule has 1 N–H and O–H groups in total. The second-order valence-electron chi connectivity index (χ2n) is 16.0. The van der Waals surface area contributed by atoms with Gasteiger partial charge in [-0.1, -0.05) is 176 Å². The fourth-order valence-electron chi connectivity index (χ4n) is 7.44. The summed E-state index contributed by atoms with van der Waals surface area (Å²) in [4.78, 5) is 57.9. The summed E-state index contributed by atoms with van der Waals surface area (Å²) in [6.45, 7) is 5.11. The van der Waals surface area contributed by atoms with Gasteiger partial charge in [-0.3, -0.25) is 0 Å². The Morgan fingerprint density at radius 1 is 0.672 bits per heavy atom. The molecule has 1 saturated heterocycles. The van der Waals surface area contributed by atoms with E-state index in [1.165, 1.54) is 113 Å². The van der Waals surface area contributed by atoms with E-state index in [2.05, 4.69) is 23.5 Å². The van der Waals surface area contributed by atoms with Crippen molar-refractivity contribution < 1.29 is 52.7 Å². The molecule has 0 aromatic heterocycles. The van der Waals surface area contributed by atoms with Crippen LogP contribution in [-0.4, -0.2) is 85.0 Å². The number of carbonyl (C=O) groups excluding carboxylic acids is 4. The first-order valence-corrected chi connectivity index (χ1v) is 22.8. The van der Waals surface area contributed by atoms with Gasteiger partial charge >= 0.3 is 23.9 Å². The molecule has 1 aliphatic heterocycles. The lowest BCUT2D eigenvalue weighted by atomic mass is 9.97. The summed E-state index contributed by atoms with van der Waals surface area (Å²) in [6, 6.07) is 22.6. The van der Waals surface area contributed by atoms with Gasteiger partial charge in [0.25, 0.3) is 0 Å². The summed E-state index contributed by atoms with van der Waals surface area (Å²) in [5.74, 6) is -3.73. The third-order valence-electron chi connectivity index (χ3n) is 11.0. The first kappa shape index (κ1) is 51.1. The maximum Gasteiger partial charge on any atom is 0.339 e. The molecule has 0 saturated carbocycles. The molecule has 0 radical (unpaired) electrons. The molecule has 0 amide bonds. The molecule has 1 fully saturated rings. The average molecular weight is 884 g/mol. The molecular formula is C50H65N3O11. The Bertz CT molecular complexity index is 1880. The molecule has 3 aromatic carbocycles. The van der Waals surface area contributed by atoms with E-state index in [0.717, 1.165) is 19.3 Å². The monoisotopic (exact) mass is 883 g/mol. The molecule has 0 bridgehead atoms. The van der Waals surface area contributed by atoms with Crippen LogP contribution in [0.5, 0.6) is 0 Å². The van der Waals surface area contributed by atoms with Crippen LogP contribution >= 0.6 is 0 Å². The number of hydrogen-bond acceptors (Lipinski definition) is 12. The van der Waals surface area contributed by atoms with E-state index in [1.807, 2.05) is 0 Å². The van der Waals surface area contributed by atoms with Crippen LogP contribution in [0, 0.1) is 0 Å². The van der Waals surface area contributed by atoms with Gasteiger partial charge in [-0.25, -0.2) is 19.2 Å². The molecule has 3 aromatic rings. The molecule has 4 rings (SSSR count). The van der Waals surface area contributed by atoms with Gasteiger partial charge in [-0.05, 0) is 48.4 Å². The van der Waals surface area contributed by atoms with Crippen molar-refractivity contribution in [3.05, 3.63) is 131 Å². The summed E-state index contributed by atoms with van der Waals surface area (Å²) in [7, 11) is 0. The largest absolute Gasteiger partial charge is 0.459 e. The van der Waals surface area contributed by atoms with Crippen LogP contribution < -0.4 is 0 Å². The molecule has 0 aliphatic carbocycles. The molecule has 64 heavy (non-hydrogen) atoms. The molecule has 1 aliphatic rings. The number of aliphatic hydroxyl groups is 1. The molecule has 14 heteroatoms. The number of benzene rings is 3. The zero-order valence-electron chi connectivity index (χ0n) is 37.1. The molecule has 14 nitrogen and oxygen atoms in total. The van der Waals surface area contributed by atoms with Gasteiger partial charge in [-0.15, -0.1) is 0 Å². The van der Waals surface area contributed by atoms with Gasteiger partial charge in [0, 0.05) is 4.91 Å². The number of ether oxygens (including phenoxy) is 6. The highest BCUT2D eigenvalue weighted by atomic mass is 16.7. The number of esters is 4. The zero-order valence-corrected chi connectivity index (χ0v) is 37.1. The highest BCUT2D eigenvalue weighted by molar-refractivity contribution is 5.91. The fraction of sp³-hybridized carbons (Fsp3) is 0.520. The number of nitrogens with zero attached hydrogens (tertiary/aromatic N) is 3. The zero-order chi connectivity index (χ0) is 45.8. The maximum absolute atomic E-state index is 13.8. The highest BCUT2D eigenvalue weighted by Gasteiger charge is 2.56. The Labute approximate surface area is 377 Å². The van der Waals surface area contributed by atoms with Gasteiger partial charge in [-0.2, -0.15) is 0 Å². The Balaban J connectivity index is 1.50. The van der Waals surface area contributed by atoms with Crippen molar-refractivity contribution in [1.29, 1.82) is 0 Å². The first-order chi connectivity index (χ1) is 31.3.